The van der Waals surface area contributed by atoms with Crippen LogP contribution in [-0.4, -0.2) is 25.1 Å². The van der Waals surface area contributed by atoms with Crippen LogP contribution in [0.1, 0.15) is 30.2 Å². The molecule has 0 spiro atoms. The summed E-state index contributed by atoms with van der Waals surface area (Å²) >= 11 is 0. The average Bonchev–Trinajstić information content (AvgIpc) is 2.48. The van der Waals surface area contributed by atoms with Crippen molar-refractivity contribution in [2.45, 2.75) is 19.9 Å². The van der Waals surface area contributed by atoms with Gasteiger partial charge in [0.05, 0.1) is 18.0 Å². The van der Waals surface area contributed by atoms with E-state index in [4.69, 9.17) is 4.74 Å². The highest BCUT2D eigenvalue weighted by molar-refractivity contribution is 6.38. The number of aromatic nitrogens is 1. The first-order valence-corrected chi connectivity index (χ1v) is 6.79. The highest BCUT2D eigenvalue weighted by atomic mass is 19.2. The summed E-state index contributed by atoms with van der Waals surface area (Å²) in [5.74, 6) is -4.76. The van der Waals surface area contributed by atoms with Crippen molar-refractivity contribution in [1.82, 2.24) is 4.57 Å². The SMILES string of the molecule is COc1c(F)c(F)cc2c(=O)c(C(=O)OB(F)F)cn(C(C)C)c12. The number of nitrogens with zero attached hydrogens (tertiary/aromatic N) is 1. The minimum atomic E-state index is -3.42. The second-order valence-electron chi connectivity index (χ2n) is 5.14. The van der Waals surface area contributed by atoms with E-state index in [0.29, 0.717) is 6.07 Å². The molecule has 5 nitrogen and oxygen atoms in total. The molecule has 0 bridgehead atoms. The van der Waals surface area contributed by atoms with Crippen LogP contribution < -0.4 is 10.2 Å². The quantitative estimate of drug-likeness (QED) is 0.632. The van der Waals surface area contributed by atoms with E-state index in [2.05, 4.69) is 4.65 Å². The van der Waals surface area contributed by atoms with Crippen LogP contribution in [-0.2, 0) is 4.65 Å². The maximum atomic E-state index is 13.9. The van der Waals surface area contributed by atoms with Gasteiger partial charge in [-0.1, -0.05) is 0 Å². The van der Waals surface area contributed by atoms with Gasteiger partial charge in [-0.25, -0.2) is 17.8 Å². The maximum Gasteiger partial charge on any atom is 0.798 e. The first-order valence-electron chi connectivity index (χ1n) is 6.79. The number of carbonyl (C=O) groups is 1. The van der Waals surface area contributed by atoms with Gasteiger partial charge in [0.2, 0.25) is 11.2 Å². The van der Waals surface area contributed by atoms with Gasteiger partial charge in [-0.05, 0) is 19.9 Å². The van der Waals surface area contributed by atoms with Gasteiger partial charge in [-0.3, -0.25) is 4.79 Å². The molecular formula is C14H12BF4NO4. The van der Waals surface area contributed by atoms with Gasteiger partial charge in [0.15, 0.2) is 11.6 Å². The van der Waals surface area contributed by atoms with Crippen molar-refractivity contribution in [3.63, 3.8) is 0 Å². The average molecular weight is 345 g/mol. The molecule has 2 aromatic rings. The number of hydrogen-bond acceptors (Lipinski definition) is 4. The van der Waals surface area contributed by atoms with Crippen molar-refractivity contribution in [2.24, 2.45) is 0 Å². The van der Waals surface area contributed by atoms with E-state index in [1.807, 2.05) is 0 Å². The molecule has 0 N–H and O–H groups in total. The van der Waals surface area contributed by atoms with E-state index in [1.165, 1.54) is 4.57 Å². The predicted octanol–water partition coefficient (Wildman–Crippen LogP) is 2.95. The van der Waals surface area contributed by atoms with Crippen LogP contribution in [0.3, 0.4) is 0 Å². The molecule has 0 radical (unpaired) electrons. The fourth-order valence-corrected chi connectivity index (χ4v) is 2.31. The second-order valence-corrected chi connectivity index (χ2v) is 5.14. The molecule has 10 heteroatoms. The molecule has 0 aliphatic carbocycles. The highest BCUT2D eigenvalue weighted by Gasteiger charge is 2.28. The summed E-state index contributed by atoms with van der Waals surface area (Å²) in [5, 5.41) is -0.386. The van der Waals surface area contributed by atoms with Crippen molar-refractivity contribution in [3.05, 3.63) is 39.7 Å². The Labute approximate surface area is 134 Å². The van der Waals surface area contributed by atoms with Crippen LogP contribution in [0.4, 0.5) is 17.4 Å². The topological polar surface area (TPSA) is 57.5 Å². The van der Waals surface area contributed by atoms with Crippen LogP contribution in [0.15, 0.2) is 17.1 Å². The Morgan fingerprint density at radius 1 is 1.29 bits per heavy atom. The zero-order chi connectivity index (χ0) is 18.2. The number of fused-ring (bicyclic) bond motifs is 1. The van der Waals surface area contributed by atoms with Gasteiger partial charge in [0.1, 0.15) is 5.56 Å². The first-order chi connectivity index (χ1) is 11.2. The summed E-state index contributed by atoms with van der Waals surface area (Å²) in [6.07, 6.45) is 0.958. The van der Waals surface area contributed by atoms with E-state index in [0.717, 1.165) is 13.3 Å². The third kappa shape index (κ3) is 2.95. The molecule has 0 fully saturated rings. The number of methoxy groups -OCH3 is 1. The van der Waals surface area contributed by atoms with E-state index >= 15 is 0 Å². The Morgan fingerprint density at radius 3 is 2.42 bits per heavy atom. The van der Waals surface area contributed by atoms with Crippen LogP contribution in [0.2, 0.25) is 0 Å². The Hall–Kier alpha value is -2.52. The molecule has 2 rings (SSSR count). The lowest BCUT2D eigenvalue weighted by atomic mass is 10.1. The minimum Gasteiger partial charge on any atom is -0.491 e. The third-order valence-electron chi connectivity index (χ3n) is 3.34. The Balaban J connectivity index is 2.93. The normalized spacial score (nSPS) is 11.0. The molecule has 1 aromatic carbocycles. The molecule has 0 aliphatic heterocycles. The number of halogens is 4. The molecule has 24 heavy (non-hydrogen) atoms. The zero-order valence-corrected chi connectivity index (χ0v) is 12.9. The smallest absolute Gasteiger partial charge is 0.491 e. The van der Waals surface area contributed by atoms with Gasteiger partial charge in [0.25, 0.3) is 0 Å². The summed E-state index contributed by atoms with van der Waals surface area (Å²) in [7, 11) is -2.33. The molecule has 1 aromatic heterocycles. The third-order valence-corrected chi connectivity index (χ3v) is 3.34. The predicted molar refractivity (Wildman–Crippen MR) is 78.4 cm³/mol. The highest BCUT2D eigenvalue weighted by Crippen LogP contribution is 2.31. The van der Waals surface area contributed by atoms with E-state index in [1.54, 1.807) is 13.8 Å². The molecular weight excluding hydrogens is 333 g/mol. The first kappa shape index (κ1) is 17.8. The summed E-state index contributed by atoms with van der Waals surface area (Å²) in [6, 6.07) is 0.165. The number of rotatable bonds is 4. The van der Waals surface area contributed by atoms with Gasteiger partial charge in [0, 0.05) is 12.2 Å². The summed E-state index contributed by atoms with van der Waals surface area (Å²) < 4.78 is 61.9. The van der Waals surface area contributed by atoms with Crippen LogP contribution >= 0.6 is 0 Å². The molecule has 0 atom stereocenters. The molecule has 128 valence electrons. The minimum absolute atomic E-state index is 0.0926. The van der Waals surface area contributed by atoms with Crippen LogP contribution in [0.5, 0.6) is 5.75 Å². The fourth-order valence-electron chi connectivity index (χ4n) is 2.31. The van der Waals surface area contributed by atoms with Crippen molar-refractivity contribution in [2.75, 3.05) is 7.11 Å². The molecule has 0 saturated carbocycles. The molecule has 0 unspecified atom stereocenters. The second kappa shape index (κ2) is 6.54. The van der Waals surface area contributed by atoms with Crippen molar-refractivity contribution < 1.29 is 31.6 Å². The molecule has 0 aliphatic rings. The Morgan fingerprint density at radius 2 is 1.92 bits per heavy atom. The molecule has 0 saturated heterocycles. The van der Waals surface area contributed by atoms with Crippen molar-refractivity contribution in [3.8, 4) is 5.75 Å². The maximum absolute atomic E-state index is 13.9. The lowest BCUT2D eigenvalue weighted by molar-refractivity contribution is 0.0693. The summed E-state index contributed by atoms with van der Waals surface area (Å²) in [5.41, 5.74) is -1.88. The van der Waals surface area contributed by atoms with Gasteiger partial charge in [-0.15, -0.1) is 0 Å². The summed E-state index contributed by atoms with van der Waals surface area (Å²) in [4.78, 5) is 24.0. The van der Waals surface area contributed by atoms with E-state index in [9.17, 15) is 27.0 Å². The van der Waals surface area contributed by atoms with E-state index in [-0.39, 0.29) is 10.9 Å². The Kier molecular flexibility index (Phi) is 4.86. The van der Waals surface area contributed by atoms with Crippen molar-refractivity contribution >= 4 is 24.3 Å². The number of carbonyl (C=O) groups excluding carboxylic acids is 1. The fraction of sp³-hybridized carbons (Fsp3) is 0.286. The number of hydrogen-bond donors (Lipinski definition) is 0. The van der Waals surface area contributed by atoms with Gasteiger partial charge >= 0.3 is 13.4 Å². The van der Waals surface area contributed by atoms with E-state index < -0.39 is 47.9 Å². The lowest BCUT2D eigenvalue weighted by Gasteiger charge is -2.19. The molecule has 0 amide bonds. The van der Waals surface area contributed by atoms with Gasteiger partial charge in [-0.2, -0.15) is 4.39 Å². The largest absolute Gasteiger partial charge is 0.798 e. The number of benzene rings is 1. The summed E-state index contributed by atoms with van der Waals surface area (Å²) in [6.45, 7) is 3.26. The number of ether oxygens (including phenoxy) is 1. The number of pyridine rings is 1. The zero-order valence-electron chi connectivity index (χ0n) is 12.9. The monoisotopic (exact) mass is 345 g/mol. The van der Waals surface area contributed by atoms with Crippen LogP contribution in [0.25, 0.3) is 10.9 Å². The Bertz CT molecular complexity index is 866. The lowest BCUT2D eigenvalue weighted by Crippen LogP contribution is -2.24. The van der Waals surface area contributed by atoms with Gasteiger partial charge < -0.3 is 14.0 Å². The van der Waals surface area contributed by atoms with Crippen molar-refractivity contribution in [1.29, 1.82) is 0 Å². The van der Waals surface area contributed by atoms with Crippen LogP contribution in [0, 0.1) is 11.6 Å². The molecule has 1 heterocycles. The standard InChI is InChI=1S/C14H12BF4NO4/c1-6(2)20-5-8(14(22)24-15(18)19)12(21)7-4-9(16)10(17)13(23-3)11(7)20/h4-6H,1-3H3.